The van der Waals surface area contributed by atoms with Crippen molar-refractivity contribution >= 4 is 6.09 Å². The van der Waals surface area contributed by atoms with Crippen LogP contribution in [0.15, 0.2) is 0 Å². The molecule has 0 aromatic heterocycles. The highest BCUT2D eigenvalue weighted by Gasteiger charge is 2.45. The predicted molar refractivity (Wildman–Crippen MR) is 127 cm³/mol. The van der Waals surface area contributed by atoms with E-state index < -0.39 is 11.3 Å². The lowest BCUT2D eigenvalue weighted by Gasteiger charge is -2.35. The van der Waals surface area contributed by atoms with Crippen molar-refractivity contribution in [2.75, 3.05) is 6.61 Å². The third-order valence-electron chi connectivity index (χ3n) is 6.06. The zero-order valence-electron chi connectivity index (χ0n) is 21.1. The van der Waals surface area contributed by atoms with Gasteiger partial charge in [0.2, 0.25) is 0 Å². The lowest BCUT2D eigenvalue weighted by molar-refractivity contribution is -0.0627. The van der Waals surface area contributed by atoms with E-state index in [0.717, 1.165) is 12.8 Å². The van der Waals surface area contributed by atoms with Gasteiger partial charge in [0.1, 0.15) is 11.3 Å². The smallest absolute Gasteiger partial charge is 0.412 e. The molecule has 0 bridgehead atoms. The molecule has 0 aliphatic carbocycles. The maximum atomic E-state index is 12.7. The molecule has 0 aromatic carbocycles. The molecule has 178 valence electrons. The van der Waals surface area contributed by atoms with E-state index in [4.69, 9.17) is 9.47 Å². The molecule has 1 aliphatic rings. The Morgan fingerprint density at radius 1 is 0.867 bits per heavy atom. The van der Waals surface area contributed by atoms with Crippen LogP contribution in [-0.2, 0) is 9.47 Å². The first-order valence-corrected chi connectivity index (χ1v) is 12.8. The lowest BCUT2D eigenvalue weighted by Crippen LogP contribution is -2.49. The molecular formula is C26H51NO3. The molecule has 4 heteroatoms. The molecule has 1 aliphatic heterocycles. The second-order valence-electron chi connectivity index (χ2n) is 10.6. The van der Waals surface area contributed by atoms with E-state index in [1.54, 1.807) is 0 Å². The fraction of sp³-hybridized carbons (Fsp3) is 0.962. The number of hydrogen-bond donors (Lipinski definition) is 0. The average Bonchev–Trinajstić information content (AvgIpc) is 2.95. The average molecular weight is 426 g/mol. The van der Waals surface area contributed by atoms with Gasteiger partial charge in [0.25, 0.3) is 0 Å². The third-order valence-corrected chi connectivity index (χ3v) is 6.06. The van der Waals surface area contributed by atoms with Gasteiger partial charge in [0.15, 0.2) is 0 Å². The van der Waals surface area contributed by atoms with E-state index in [2.05, 4.69) is 6.92 Å². The quantitative estimate of drug-likeness (QED) is 0.248. The van der Waals surface area contributed by atoms with Crippen molar-refractivity contribution in [2.45, 2.75) is 155 Å². The highest BCUT2D eigenvalue weighted by molar-refractivity contribution is 5.69. The van der Waals surface area contributed by atoms with Crippen LogP contribution >= 0.6 is 0 Å². The Hall–Kier alpha value is -0.770. The summed E-state index contributed by atoms with van der Waals surface area (Å²) in [6.07, 6.45) is 19.9. The van der Waals surface area contributed by atoms with E-state index >= 15 is 0 Å². The molecule has 1 rings (SSSR count). The van der Waals surface area contributed by atoms with Crippen molar-refractivity contribution < 1.29 is 14.3 Å². The van der Waals surface area contributed by atoms with E-state index in [-0.39, 0.29) is 12.1 Å². The molecule has 30 heavy (non-hydrogen) atoms. The first-order chi connectivity index (χ1) is 14.2. The molecule has 1 atom stereocenters. The molecule has 4 nitrogen and oxygen atoms in total. The number of unbranched alkanes of at least 4 members (excludes halogenated alkanes) is 13. The van der Waals surface area contributed by atoms with E-state index in [1.807, 2.05) is 39.5 Å². The Balaban J connectivity index is 2.08. The molecule has 1 fully saturated rings. The SMILES string of the molecule is CCCCCCCCCCCCCCCC[C@H]1COC(C)(C)N1C(=O)OC(C)(C)C. The van der Waals surface area contributed by atoms with Crippen LogP contribution in [-0.4, -0.2) is 35.0 Å². The van der Waals surface area contributed by atoms with Gasteiger partial charge < -0.3 is 9.47 Å². The van der Waals surface area contributed by atoms with Gasteiger partial charge >= 0.3 is 6.09 Å². The van der Waals surface area contributed by atoms with Crippen LogP contribution < -0.4 is 0 Å². The number of amides is 1. The van der Waals surface area contributed by atoms with Crippen molar-refractivity contribution in [3.05, 3.63) is 0 Å². The van der Waals surface area contributed by atoms with Gasteiger partial charge in [-0.3, -0.25) is 4.90 Å². The predicted octanol–water partition coefficient (Wildman–Crippen LogP) is 8.23. The Kier molecular flexibility index (Phi) is 13.0. The number of carbonyl (C=O) groups is 1. The van der Waals surface area contributed by atoms with Crippen molar-refractivity contribution in [3.63, 3.8) is 0 Å². The standard InChI is InChI=1S/C26H51NO3/c1-7-8-9-10-11-12-13-14-15-16-17-18-19-20-21-23-22-29-26(5,6)27(23)24(28)30-25(2,3)4/h23H,7-22H2,1-6H3/t23-/m0/s1. The second kappa shape index (κ2) is 14.3. The van der Waals surface area contributed by atoms with Crippen molar-refractivity contribution in [3.8, 4) is 0 Å². The summed E-state index contributed by atoms with van der Waals surface area (Å²) in [5.74, 6) is 0. The van der Waals surface area contributed by atoms with E-state index in [9.17, 15) is 4.79 Å². The summed E-state index contributed by atoms with van der Waals surface area (Å²) in [4.78, 5) is 14.5. The van der Waals surface area contributed by atoms with E-state index in [0.29, 0.717) is 6.61 Å². The van der Waals surface area contributed by atoms with Crippen LogP contribution in [0.3, 0.4) is 0 Å². The summed E-state index contributed by atoms with van der Waals surface area (Å²) in [7, 11) is 0. The van der Waals surface area contributed by atoms with Crippen LogP contribution in [0.2, 0.25) is 0 Å². The highest BCUT2D eigenvalue weighted by Crippen LogP contribution is 2.31. The van der Waals surface area contributed by atoms with Crippen molar-refractivity contribution in [2.24, 2.45) is 0 Å². The Morgan fingerprint density at radius 2 is 1.30 bits per heavy atom. The molecule has 0 spiro atoms. The molecule has 1 saturated heterocycles. The molecule has 0 saturated carbocycles. The largest absolute Gasteiger partial charge is 0.444 e. The van der Waals surface area contributed by atoms with Crippen LogP contribution in [0.25, 0.3) is 0 Å². The summed E-state index contributed by atoms with van der Waals surface area (Å²) < 4.78 is 11.5. The molecule has 0 N–H and O–H groups in total. The fourth-order valence-corrected chi connectivity index (χ4v) is 4.35. The van der Waals surface area contributed by atoms with Gasteiger partial charge in [-0.05, 0) is 41.0 Å². The summed E-state index contributed by atoms with van der Waals surface area (Å²) in [5, 5.41) is 0. The van der Waals surface area contributed by atoms with Crippen LogP contribution in [0, 0.1) is 0 Å². The first-order valence-electron chi connectivity index (χ1n) is 12.8. The van der Waals surface area contributed by atoms with Gasteiger partial charge in [-0.25, -0.2) is 4.79 Å². The number of carbonyl (C=O) groups excluding carboxylic acids is 1. The summed E-state index contributed by atoms with van der Waals surface area (Å²) in [6.45, 7) is 12.6. The molecule has 1 heterocycles. The van der Waals surface area contributed by atoms with Crippen LogP contribution in [0.1, 0.15) is 138 Å². The Bertz CT molecular complexity index is 456. The Morgan fingerprint density at radius 3 is 1.73 bits per heavy atom. The summed E-state index contributed by atoms with van der Waals surface area (Å²) in [5.41, 5.74) is -1.06. The van der Waals surface area contributed by atoms with Crippen molar-refractivity contribution in [1.29, 1.82) is 0 Å². The summed E-state index contributed by atoms with van der Waals surface area (Å²) >= 11 is 0. The summed E-state index contributed by atoms with van der Waals surface area (Å²) in [6, 6.07) is 0.132. The second-order valence-corrected chi connectivity index (χ2v) is 10.6. The molecule has 1 amide bonds. The van der Waals surface area contributed by atoms with Gasteiger partial charge in [0, 0.05) is 0 Å². The van der Waals surface area contributed by atoms with Gasteiger partial charge in [0.05, 0.1) is 12.6 Å². The third kappa shape index (κ3) is 11.6. The molecule has 0 radical (unpaired) electrons. The zero-order valence-corrected chi connectivity index (χ0v) is 21.1. The monoisotopic (exact) mass is 425 g/mol. The maximum Gasteiger partial charge on any atom is 0.412 e. The Labute approximate surface area is 187 Å². The zero-order chi connectivity index (χ0) is 22.5. The minimum Gasteiger partial charge on any atom is -0.444 e. The fourth-order valence-electron chi connectivity index (χ4n) is 4.35. The van der Waals surface area contributed by atoms with E-state index in [1.165, 1.54) is 83.5 Å². The van der Waals surface area contributed by atoms with Gasteiger partial charge in [-0.2, -0.15) is 0 Å². The lowest BCUT2D eigenvalue weighted by atomic mass is 10.0. The number of hydrogen-bond acceptors (Lipinski definition) is 3. The highest BCUT2D eigenvalue weighted by atomic mass is 16.6. The minimum absolute atomic E-state index is 0.132. The first kappa shape index (κ1) is 27.3. The minimum atomic E-state index is -0.580. The molecule has 0 aromatic rings. The van der Waals surface area contributed by atoms with Gasteiger partial charge in [-0.1, -0.05) is 96.8 Å². The van der Waals surface area contributed by atoms with Crippen molar-refractivity contribution in [1.82, 2.24) is 4.90 Å². The topological polar surface area (TPSA) is 38.8 Å². The number of ether oxygens (including phenoxy) is 2. The van der Waals surface area contributed by atoms with Crippen LogP contribution in [0.5, 0.6) is 0 Å². The molecule has 0 unspecified atom stereocenters. The molecular weight excluding hydrogens is 374 g/mol. The maximum absolute atomic E-state index is 12.7. The number of nitrogens with zero attached hydrogens (tertiary/aromatic N) is 1. The van der Waals surface area contributed by atoms with Crippen LogP contribution in [0.4, 0.5) is 4.79 Å². The normalized spacial score (nSPS) is 18.7. The van der Waals surface area contributed by atoms with Gasteiger partial charge in [-0.15, -0.1) is 0 Å². The number of rotatable bonds is 15.